The van der Waals surface area contributed by atoms with Crippen LogP contribution in [-0.2, 0) is 4.74 Å². The summed E-state index contributed by atoms with van der Waals surface area (Å²) in [6, 6.07) is 0.0394. The van der Waals surface area contributed by atoms with Crippen molar-refractivity contribution in [3.05, 3.63) is 0 Å². The molecule has 0 aromatic rings. The number of ether oxygens (including phenoxy) is 1. The lowest BCUT2D eigenvalue weighted by atomic mass is 9.95. The van der Waals surface area contributed by atoms with Crippen LogP contribution >= 0.6 is 12.2 Å². The highest BCUT2D eigenvalue weighted by molar-refractivity contribution is 7.80. The molecular formula is C7H12N2O2S. The third-order valence-corrected chi connectivity index (χ3v) is 2.56. The summed E-state index contributed by atoms with van der Waals surface area (Å²) in [5.74, 6) is 0. The van der Waals surface area contributed by atoms with E-state index in [-0.39, 0.29) is 11.8 Å². The molecule has 68 valence electrons. The number of hydrogen-bond donors (Lipinski definition) is 3. The van der Waals surface area contributed by atoms with Gasteiger partial charge < -0.3 is 20.5 Å². The van der Waals surface area contributed by atoms with Crippen LogP contribution in [0, 0.1) is 0 Å². The first-order valence-electron chi connectivity index (χ1n) is 4.00. The molecule has 2 saturated heterocycles. The van der Waals surface area contributed by atoms with Crippen LogP contribution in [0.4, 0.5) is 0 Å². The summed E-state index contributed by atoms with van der Waals surface area (Å²) in [5.41, 5.74) is -0.383. The predicted octanol–water partition coefficient (Wildman–Crippen LogP) is -0.670. The third-order valence-electron chi connectivity index (χ3n) is 2.34. The minimum Gasteiger partial charge on any atom is -0.389 e. The first-order valence-corrected chi connectivity index (χ1v) is 4.41. The molecule has 0 amide bonds. The van der Waals surface area contributed by atoms with E-state index in [0.717, 1.165) is 6.42 Å². The molecule has 5 heteroatoms. The van der Waals surface area contributed by atoms with Crippen LogP contribution in [0.25, 0.3) is 0 Å². The van der Waals surface area contributed by atoms with Crippen LogP contribution in [0.3, 0.4) is 0 Å². The second-order valence-electron chi connectivity index (χ2n) is 3.52. The van der Waals surface area contributed by atoms with Crippen LogP contribution in [0.2, 0.25) is 0 Å². The van der Waals surface area contributed by atoms with Crippen molar-refractivity contribution < 1.29 is 9.84 Å². The lowest BCUT2D eigenvalue weighted by Crippen LogP contribution is -2.68. The normalized spacial score (nSPS) is 46.3. The zero-order valence-corrected chi connectivity index (χ0v) is 7.65. The maximum atomic E-state index is 9.48. The van der Waals surface area contributed by atoms with Crippen LogP contribution in [0.15, 0.2) is 0 Å². The van der Waals surface area contributed by atoms with E-state index >= 15 is 0 Å². The minimum atomic E-state index is -0.446. The zero-order valence-electron chi connectivity index (χ0n) is 6.83. The van der Waals surface area contributed by atoms with Gasteiger partial charge in [-0.25, -0.2) is 0 Å². The Bertz CT molecular complexity index is 223. The van der Waals surface area contributed by atoms with Gasteiger partial charge in [0.25, 0.3) is 0 Å². The number of fused-ring (bicyclic) bond motifs is 2. The number of aliphatic hydroxyl groups is 1. The van der Waals surface area contributed by atoms with Crippen molar-refractivity contribution in [2.75, 3.05) is 6.61 Å². The third kappa shape index (κ3) is 1.28. The van der Waals surface area contributed by atoms with Gasteiger partial charge in [0.05, 0.1) is 18.8 Å². The second kappa shape index (κ2) is 2.55. The van der Waals surface area contributed by atoms with Crippen LogP contribution in [0.5, 0.6) is 0 Å². The molecule has 0 aromatic heterocycles. The molecule has 2 bridgehead atoms. The Labute approximate surface area is 76.3 Å². The van der Waals surface area contributed by atoms with Gasteiger partial charge in [0.15, 0.2) is 5.11 Å². The van der Waals surface area contributed by atoms with E-state index in [1.807, 2.05) is 6.92 Å². The highest BCUT2D eigenvalue weighted by atomic mass is 32.1. The molecule has 2 fully saturated rings. The van der Waals surface area contributed by atoms with Gasteiger partial charge >= 0.3 is 0 Å². The highest BCUT2D eigenvalue weighted by Crippen LogP contribution is 2.25. The predicted molar refractivity (Wildman–Crippen MR) is 47.6 cm³/mol. The van der Waals surface area contributed by atoms with Gasteiger partial charge in [-0.2, -0.15) is 0 Å². The molecule has 4 nitrogen and oxygen atoms in total. The van der Waals surface area contributed by atoms with Gasteiger partial charge in [0.1, 0.15) is 5.72 Å². The quantitative estimate of drug-likeness (QED) is 0.440. The van der Waals surface area contributed by atoms with Gasteiger partial charge in [-0.1, -0.05) is 0 Å². The van der Waals surface area contributed by atoms with E-state index in [0.29, 0.717) is 11.7 Å². The average Bonchev–Trinajstić information content (AvgIpc) is 1.96. The summed E-state index contributed by atoms with van der Waals surface area (Å²) in [4.78, 5) is 0. The van der Waals surface area contributed by atoms with Gasteiger partial charge in [-0.3, -0.25) is 0 Å². The first-order chi connectivity index (χ1) is 5.59. The summed E-state index contributed by atoms with van der Waals surface area (Å²) in [7, 11) is 0. The van der Waals surface area contributed by atoms with Gasteiger partial charge in [-0.15, -0.1) is 0 Å². The smallest absolute Gasteiger partial charge is 0.168 e. The molecule has 2 aliphatic heterocycles. The van der Waals surface area contributed by atoms with Crippen LogP contribution in [0.1, 0.15) is 13.3 Å². The molecule has 2 rings (SSSR count). The van der Waals surface area contributed by atoms with Crippen molar-refractivity contribution in [1.29, 1.82) is 0 Å². The molecule has 0 aliphatic carbocycles. The van der Waals surface area contributed by atoms with E-state index in [4.69, 9.17) is 17.0 Å². The van der Waals surface area contributed by atoms with Crippen LogP contribution < -0.4 is 10.6 Å². The number of thiocarbonyl (C=S) groups is 1. The Morgan fingerprint density at radius 2 is 2.50 bits per heavy atom. The highest BCUT2D eigenvalue weighted by Gasteiger charge is 2.42. The van der Waals surface area contributed by atoms with Crippen molar-refractivity contribution in [1.82, 2.24) is 10.6 Å². The van der Waals surface area contributed by atoms with Crippen molar-refractivity contribution in [2.45, 2.75) is 31.2 Å². The Kier molecular flexibility index (Phi) is 1.75. The molecule has 2 heterocycles. The standard InChI is InChI=1S/C7H12N2O2S/c1-7-2-4(5(10)3-11-7)8-6(12)9-7/h4-5,10H,2-3H2,1H3,(H2,8,9,12). The van der Waals surface area contributed by atoms with Gasteiger partial charge in [-0.05, 0) is 19.1 Å². The van der Waals surface area contributed by atoms with E-state index in [2.05, 4.69) is 10.6 Å². The van der Waals surface area contributed by atoms with E-state index in [1.54, 1.807) is 0 Å². The number of rotatable bonds is 0. The molecule has 0 aromatic carbocycles. The maximum Gasteiger partial charge on any atom is 0.168 e. The summed E-state index contributed by atoms with van der Waals surface area (Å²) < 4.78 is 5.43. The van der Waals surface area contributed by atoms with E-state index in [1.165, 1.54) is 0 Å². The Morgan fingerprint density at radius 1 is 1.75 bits per heavy atom. The Balaban J connectivity index is 2.17. The fourth-order valence-corrected chi connectivity index (χ4v) is 2.05. The molecular weight excluding hydrogens is 176 g/mol. The van der Waals surface area contributed by atoms with Crippen LogP contribution in [-0.4, -0.2) is 34.7 Å². The molecule has 3 unspecified atom stereocenters. The average molecular weight is 188 g/mol. The van der Waals surface area contributed by atoms with Crippen molar-refractivity contribution in [2.24, 2.45) is 0 Å². The second-order valence-corrected chi connectivity index (χ2v) is 3.93. The first kappa shape index (κ1) is 8.22. The van der Waals surface area contributed by atoms with Crippen molar-refractivity contribution in [3.8, 4) is 0 Å². The monoisotopic (exact) mass is 188 g/mol. The topological polar surface area (TPSA) is 53.5 Å². The Morgan fingerprint density at radius 3 is 3.25 bits per heavy atom. The largest absolute Gasteiger partial charge is 0.389 e. The lowest BCUT2D eigenvalue weighted by molar-refractivity contribution is -0.141. The zero-order chi connectivity index (χ0) is 8.77. The molecule has 12 heavy (non-hydrogen) atoms. The fraction of sp³-hybridized carbons (Fsp3) is 0.857. The van der Waals surface area contributed by atoms with Gasteiger partial charge in [0, 0.05) is 6.42 Å². The van der Waals surface area contributed by atoms with Gasteiger partial charge in [0.2, 0.25) is 0 Å². The molecule has 0 saturated carbocycles. The molecule has 2 aliphatic rings. The number of aliphatic hydroxyl groups excluding tert-OH is 1. The molecule has 0 spiro atoms. The molecule has 0 radical (unpaired) electrons. The maximum absolute atomic E-state index is 9.48. The van der Waals surface area contributed by atoms with Crippen molar-refractivity contribution >= 4 is 17.3 Å². The summed E-state index contributed by atoms with van der Waals surface area (Å²) in [6.07, 6.45) is 0.298. The molecule has 3 atom stereocenters. The summed E-state index contributed by atoms with van der Waals surface area (Å²) in [5, 5.41) is 16.1. The lowest BCUT2D eigenvalue weighted by Gasteiger charge is -2.46. The summed E-state index contributed by atoms with van der Waals surface area (Å²) in [6.45, 7) is 2.31. The number of nitrogens with one attached hydrogen (secondary N) is 2. The van der Waals surface area contributed by atoms with E-state index < -0.39 is 6.10 Å². The Hall–Kier alpha value is -0.390. The SMILES string of the molecule is CC12CC(NC(=S)N1)C(O)CO2. The van der Waals surface area contributed by atoms with Crippen molar-refractivity contribution in [3.63, 3.8) is 0 Å². The fourth-order valence-electron chi connectivity index (χ4n) is 1.68. The molecule has 3 N–H and O–H groups in total. The minimum absolute atomic E-state index is 0.0394. The van der Waals surface area contributed by atoms with E-state index in [9.17, 15) is 5.11 Å². The number of hydrogen-bond acceptors (Lipinski definition) is 3. The summed E-state index contributed by atoms with van der Waals surface area (Å²) >= 11 is 4.97.